The molecule has 2 saturated heterocycles. The molecule has 0 aromatic heterocycles. The van der Waals surface area contributed by atoms with Crippen LogP contribution < -0.4 is 5.73 Å². The summed E-state index contributed by atoms with van der Waals surface area (Å²) in [6.07, 6.45) is 2.64. The van der Waals surface area contributed by atoms with Gasteiger partial charge in [-0.3, -0.25) is 9.80 Å². The van der Waals surface area contributed by atoms with E-state index in [1.165, 1.54) is 19.4 Å². The van der Waals surface area contributed by atoms with Crippen LogP contribution in [0.25, 0.3) is 0 Å². The molecule has 3 unspecified atom stereocenters. The minimum atomic E-state index is 0.211. The highest BCUT2D eigenvalue weighted by Crippen LogP contribution is 2.34. The molecule has 2 aliphatic rings. The van der Waals surface area contributed by atoms with Crippen molar-refractivity contribution in [1.82, 2.24) is 9.80 Å². The second-order valence-electron chi connectivity index (χ2n) is 6.25. The maximum Gasteiger partial charge on any atom is 0.0489 e. The monoisotopic (exact) mass is 371 g/mol. The van der Waals surface area contributed by atoms with Crippen molar-refractivity contribution in [2.75, 3.05) is 26.2 Å². The first-order valence-electron chi connectivity index (χ1n) is 7.75. The third kappa shape index (κ3) is 3.15. The van der Waals surface area contributed by atoms with Gasteiger partial charge in [-0.2, -0.15) is 0 Å². The van der Waals surface area contributed by atoms with Crippen LogP contribution in [0, 0.1) is 0 Å². The van der Waals surface area contributed by atoms with Crippen molar-refractivity contribution >= 4 is 27.5 Å². The largest absolute Gasteiger partial charge is 0.329 e. The summed E-state index contributed by atoms with van der Waals surface area (Å²) in [5.41, 5.74) is 7.27. The molecule has 2 aliphatic heterocycles. The van der Waals surface area contributed by atoms with E-state index in [1.54, 1.807) is 0 Å². The number of nitrogens with two attached hydrogens (primary N) is 1. The number of nitrogens with zero attached hydrogens (tertiary/aromatic N) is 2. The van der Waals surface area contributed by atoms with Gasteiger partial charge in [-0.05, 0) is 44.0 Å². The van der Waals surface area contributed by atoms with E-state index >= 15 is 0 Å². The molecule has 1 aromatic rings. The smallest absolute Gasteiger partial charge is 0.0489 e. The standard InChI is InChI=1S/C16H23BrClN3/c1-11-9-20-6-2-3-13(20)10-21(11)16(8-19)14-5-4-12(17)7-15(14)18/h4-5,7,11,13,16H,2-3,6,8-10,19H2,1H3. The summed E-state index contributed by atoms with van der Waals surface area (Å²) < 4.78 is 1.01. The molecule has 0 spiro atoms. The van der Waals surface area contributed by atoms with Crippen LogP contribution in [0.1, 0.15) is 31.4 Å². The number of hydrogen-bond donors (Lipinski definition) is 1. The summed E-state index contributed by atoms with van der Waals surface area (Å²) in [5, 5.41) is 0.806. The molecule has 0 aliphatic carbocycles. The zero-order valence-corrected chi connectivity index (χ0v) is 14.8. The fraction of sp³-hybridized carbons (Fsp3) is 0.625. The van der Waals surface area contributed by atoms with Gasteiger partial charge in [0.15, 0.2) is 0 Å². The van der Waals surface area contributed by atoms with Crippen molar-refractivity contribution in [3.8, 4) is 0 Å². The Morgan fingerprint density at radius 3 is 2.95 bits per heavy atom. The Morgan fingerprint density at radius 1 is 1.43 bits per heavy atom. The third-order valence-electron chi connectivity index (χ3n) is 4.93. The topological polar surface area (TPSA) is 32.5 Å². The molecule has 2 N–H and O–H groups in total. The van der Waals surface area contributed by atoms with Crippen LogP contribution in [0.5, 0.6) is 0 Å². The minimum absolute atomic E-state index is 0.211. The quantitative estimate of drug-likeness (QED) is 0.884. The number of fused-ring (bicyclic) bond motifs is 1. The van der Waals surface area contributed by atoms with Gasteiger partial charge >= 0.3 is 0 Å². The second-order valence-corrected chi connectivity index (χ2v) is 7.58. The van der Waals surface area contributed by atoms with Gasteiger partial charge in [-0.15, -0.1) is 0 Å². The van der Waals surface area contributed by atoms with Crippen molar-refractivity contribution < 1.29 is 0 Å². The molecule has 116 valence electrons. The molecule has 2 fully saturated rings. The van der Waals surface area contributed by atoms with Gasteiger partial charge in [-0.25, -0.2) is 0 Å². The van der Waals surface area contributed by atoms with Gasteiger partial charge in [0.05, 0.1) is 0 Å². The number of benzene rings is 1. The van der Waals surface area contributed by atoms with Crippen LogP contribution in [-0.2, 0) is 0 Å². The number of piperazine rings is 1. The second kappa shape index (κ2) is 6.55. The first-order valence-corrected chi connectivity index (χ1v) is 8.92. The lowest BCUT2D eigenvalue weighted by Gasteiger charge is -2.46. The van der Waals surface area contributed by atoms with Gasteiger partial charge in [0.1, 0.15) is 0 Å². The summed E-state index contributed by atoms with van der Waals surface area (Å²) in [4.78, 5) is 5.19. The Kier molecular flexibility index (Phi) is 4.91. The van der Waals surface area contributed by atoms with Gasteiger partial charge in [0, 0.05) is 47.3 Å². The highest BCUT2D eigenvalue weighted by atomic mass is 79.9. The van der Waals surface area contributed by atoms with Crippen molar-refractivity contribution in [3.63, 3.8) is 0 Å². The average Bonchev–Trinajstić information content (AvgIpc) is 2.89. The third-order valence-corrected chi connectivity index (χ3v) is 5.75. The van der Waals surface area contributed by atoms with Crippen LogP contribution in [-0.4, -0.2) is 48.1 Å². The van der Waals surface area contributed by atoms with E-state index in [0.29, 0.717) is 18.6 Å². The average molecular weight is 373 g/mol. The molecule has 3 rings (SSSR count). The molecule has 0 radical (unpaired) electrons. The summed E-state index contributed by atoms with van der Waals surface area (Å²) in [5.74, 6) is 0. The molecular formula is C16H23BrClN3. The zero-order valence-electron chi connectivity index (χ0n) is 12.4. The van der Waals surface area contributed by atoms with Crippen molar-refractivity contribution in [3.05, 3.63) is 33.3 Å². The molecule has 0 saturated carbocycles. The lowest BCUT2D eigenvalue weighted by molar-refractivity contribution is 0.0296. The number of hydrogen-bond acceptors (Lipinski definition) is 3. The zero-order chi connectivity index (χ0) is 15.0. The molecular weight excluding hydrogens is 350 g/mol. The van der Waals surface area contributed by atoms with E-state index in [9.17, 15) is 0 Å². The lowest BCUT2D eigenvalue weighted by atomic mass is 9.99. The maximum absolute atomic E-state index is 6.46. The first kappa shape index (κ1) is 15.8. The normalized spacial score (nSPS) is 28.6. The van der Waals surface area contributed by atoms with Gasteiger partial charge in [0.2, 0.25) is 0 Å². The molecule has 3 atom stereocenters. The summed E-state index contributed by atoms with van der Waals surface area (Å²) in [7, 11) is 0. The molecule has 0 bridgehead atoms. The Balaban J connectivity index is 1.85. The van der Waals surface area contributed by atoms with Gasteiger partial charge in [0.25, 0.3) is 0 Å². The van der Waals surface area contributed by atoms with Gasteiger partial charge in [-0.1, -0.05) is 33.6 Å². The Hall–Kier alpha value is -0.130. The molecule has 1 aromatic carbocycles. The van der Waals surface area contributed by atoms with Crippen molar-refractivity contribution in [1.29, 1.82) is 0 Å². The van der Waals surface area contributed by atoms with Crippen LogP contribution in [0.4, 0.5) is 0 Å². The number of halogens is 2. The molecule has 5 heteroatoms. The highest BCUT2D eigenvalue weighted by molar-refractivity contribution is 9.10. The van der Waals surface area contributed by atoms with Crippen LogP contribution in [0.2, 0.25) is 5.02 Å². The van der Waals surface area contributed by atoms with E-state index < -0.39 is 0 Å². The molecule has 3 nitrogen and oxygen atoms in total. The van der Waals surface area contributed by atoms with Crippen LogP contribution in [0.3, 0.4) is 0 Å². The van der Waals surface area contributed by atoms with Crippen LogP contribution >= 0.6 is 27.5 Å². The summed E-state index contributed by atoms with van der Waals surface area (Å²) >= 11 is 9.93. The Labute approximate surface area is 140 Å². The maximum atomic E-state index is 6.46. The van der Waals surface area contributed by atoms with E-state index in [4.69, 9.17) is 17.3 Å². The fourth-order valence-electron chi connectivity index (χ4n) is 3.86. The van der Waals surface area contributed by atoms with E-state index in [0.717, 1.165) is 28.1 Å². The van der Waals surface area contributed by atoms with E-state index in [2.05, 4.69) is 44.8 Å². The molecule has 2 heterocycles. The summed E-state index contributed by atoms with van der Waals surface area (Å²) in [6.45, 7) is 6.43. The SMILES string of the molecule is CC1CN2CCCC2CN1C(CN)c1ccc(Br)cc1Cl. The van der Waals surface area contributed by atoms with Gasteiger partial charge < -0.3 is 5.73 Å². The molecule has 21 heavy (non-hydrogen) atoms. The van der Waals surface area contributed by atoms with Crippen molar-refractivity contribution in [2.24, 2.45) is 5.73 Å². The van der Waals surface area contributed by atoms with Crippen molar-refractivity contribution in [2.45, 2.75) is 37.9 Å². The Morgan fingerprint density at radius 2 is 2.24 bits per heavy atom. The predicted molar refractivity (Wildman–Crippen MR) is 91.7 cm³/mol. The lowest BCUT2D eigenvalue weighted by Crippen LogP contribution is -2.56. The predicted octanol–water partition coefficient (Wildman–Crippen LogP) is 3.27. The number of rotatable bonds is 3. The molecule has 0 amide bonds. The van der Waals surface area contributed by atoms with E-state index in [1.807, 2.05) is 6.07 Å². The fourth-order valence-corrected chi connectivity index (χ4v) is 4.66. The first-order chi connectivity index (χ1) is 10.1. The summed E-state index contributed by atoms with van der Waals surface area (Å²) in [6, 6.07) is 7.56. The van der Waals surface area contributed by atoms with Crippen LogP contribution in [0.15, 0.2) is 22.7 Å². The van der Waals surface area contributed by atoms with E-state index in [-0.39, 0.29) is 6.04 Å². The Bertz CT molecular complexity index is 510. The minimum Gasteiger partial charge on any atom is -0.329 e. The highest BCUT2D eigenvalue weighted by Gasteiger charge is 2.37.